The number of carbonyl (C=O) groups is 4. The van der Waals surface area contributed by atoms with Gasteiger partial charge in [-0.3, -0.25) is 9.59 Å². The molecule has 1 aromatic heterocycles. The molecule has 0 atom stereocenters. The number of rotatable bonds is 10. The van der Waals surface area contributed by atoms with Crippen LogP contribution in [0.15, 0.2) is 41.4 Å². The van der Waals surface area contributed by atoms with Crippen LogP contribution < -0.4 is 10.6 Å². The topological polar surface area (TPSA) is 111 Å². The summed E-state index contributed by atoms with van der Waals surface area (Å²) in [6, 6.07) is 8.89. The van der Waals surface area contributed by atoms with Crippen molar-refractivity contribution in [2.75, 3.05) is 18.5 Å². The first-order valence-corrected chi connectivity index (χ1v) is 11.4. The number of benzene rings is 1. The van der Waals surface area contributed by atoms with Crippen LogP contribution in [0.25, 0.3) is 6.08 Å². The summed E-state index contributed by atoms with van der Waals surface area (Å²) >= 11 is 1.21. The summed E-state index contributed by atoms with van der Waals surface area (Å²) in [5, 5.41) is 7.19. The molecule has 2 N–H and O–H groups in total. The number of hydrogen-bond acceptors (Lipinski definition) is 7. The highest BCUT2D eigenvalue weighted by molar-refractivity contribution is 7.15. The molecule has 33 heavy (non-hydrogen) atoms. The lowest BCUT2D eigenvalue weighted by molar-refractivity contribution is -0.144. The zero-order valence-corrected chi connectivity index (χ0v) is 19.9. The fraction of sp³-hybridized carbons (Fsp3) is 0.333. The molecule has 2 amide bonds. The molecule has 0 saturated carbocycles. The number of anilines is 1. The second-order valence-corrected chi connectivity index (χ2v) is 8.44. The molecule has 8 nitrogen and oxygen atoms in total. The van der Waals surface area contributed by atoms with Crippen molar-refractivity contribution in [1.29, 1.82) is 0 Å². The van der Waals surface area contributed by atoms with Crippen molar-refractivity contribution >= 4 is 46.2 Å². The average molecular weight is 473 g/mol. The van der Waals surface area contributed by atoms with E-state index >= 15 is 0 Å². The van der Waals surface area contributed by atoms with Crippen LogP contribution in [0.2, 0.25) is 0 Å². The molecule has 176 valence electrons. The van der Waals surface area contributed by atoms with Crippen LogP contribution in [0.3, 0.4) is 0 Å². The van der Waals surface area contributed by atoms with Crippen LogP contribution in [0.1, 0.15) is 49.2 Å². The Morgan fingerprint density at radius 3 is 2.39 bits per heavy atom. The van der Waals surface area contributed by atoms with Gasteiger partial charge in [0.05, 0.1) is 12.2 Å². The van der Waals surface area contributed by atoms with Crippen LogP contribution in [0.5, 0.6) is 0 Å². The van der Waals surface area contributed by atoms with Gasteiger partial charge in [-0.05, 0) is 41.8 Å². The normalized spacial score (nSPS) is 11.1. The highest BCUT2D eigenvalue weighted by Gasteiger charge is 2.23. The van der Waals surface area contributed by atoms with Crippen molar-refractivity contribution in [3.05, 3.63) is 58.1 Å². The number of amides is 2. The standard InChI is InChI=1S/C24H28N2O6S/c1-5-31-24(30)21-18(11-15(2)3)14-33-22(21)26-20(28)13-32-23(29)19(25-16(4)27)12-17-9-7-6-8-10-17/h6-10,12,14-15H,5,11,13H2,1-4H3,(H,25,27)(H,26,28)/b19-12-. The lowest BCUT2D eigenvalue weighted by Gasteiger charge is -2.11. The van der Waals surface area contributed by atoms with E-state index in [0.717, 1.165) is 5.56 Å². The van der Waals surface area contributed by atoms with Gasteiger partial charge >= 0.3 is 11.9 Å². The number of hydrogen-bond donors (Lipinski definition) is 2. The SMILES string of the molecule is CCOC(=O)c1c(CC(C)C)csc1NC(=O)COC(=O)/C(=C/c1ccccc1)NC(C)=O. The molecule has 2 rings (SSSR count). The van der Waals surface area contributed by atoms with Crippen molar-refractivity contribution in [2.45, 2.75) is 34.1 Å². The molecule has 0 aliphatic rings. The maximum absolute atomic E-state index is 12.5. The van der Waals surface area contributed by atoms with Crippen LogP contribution in [0.4, 0.5) is 5.00 Å². The highest BCUT2D eigenvalue weighted by Crippen LogP contribution is 2.31. The number of nitrogens with one attached hydrogen (secondary N) is 2. The molecule has 0 saturated heterocycles. The summed E-state index contributed by atoms with van der Waals surface area (Å²) in [6.45, 7) is 6.64. The monoisotopic (exact) mass is 472 g/mol. The third-order valence-electron chi connectivity index (χ3n) is 4.20. The van der Waals surface area contributed by atoms with Crippen LogP contribution in [0, 0.1) is 5.92 Å². The minimum atomic E-state index is -0.860. The van der Waals surface area contributed by atoms with E-state index in [1.165, 1.54) is 24.3 Å². The lowest BCUT2D eigenvalue weighted by Crippen LogP contribution is -2.29. The Morgan fingerprint density at radius 1 is 1.09 bits per heavy atom. The predicted octanol–water partition coefficient (Wildman–Crippen LogP) is 3.78. The summed E-state index contributed by atoms with van der Waals surface area (Å²) in [7, 11) is 0. The third-order valence-corrected chi connectivity index (χ3v) is 5.15. The van der Waals surface area contributed by atoms with Crippen molar-refractivity contribution in [2.24, 2.45) is 5.92 Å². The van der Waals surface area contributed by atoms with Gasteiger partial charge in [0.15, 0.2) is 6.61 Å². The van der Waals surface area contributed by atoms with E-state index in [0.29, 0.717) is 28.5 Å². The lowest BCUT2D eigenvalue weighted by atomic mass is 10.0. The van der Waals surface area contributed by atoms with Gasteiger partial charge in [-0.25, -0.2) is 9.59 Å². The Labute approximate surface area is 197 Å². The molecule has 2 aromatic rings. The highest BCUT2D eigenvalue weighted by atomic mass is 32.1. The molecule has 1 heterocycles. The molecule has 0 radical (unpaired) electrons. The molecule has 1 aromatic carbocycles. The summed E-state index contributed by atoms with van der Waals surface area (Å²) in [5.41, 5.74) is 1.69. The van der Waals surface area contributed by atoms with E-state index in [1.807, 2.05) is 25.3 Å². The fourth-order valence-corrected chi connectivity index (χ4v) is 3.91. The molecular weight excluding hydrogens is 444 g/mol. The summed E-state index contributed by atoms with van der Waals surface area (Å²) < 4.78 is 10.2. The zero-order chi connectivity index (χ0) is 24.4. The zero-order valence-electron chi connectivity index (χ0n) is 19.1. The number of ether oxygens (including phenoxy) is 2. The van der Waals surface area contributed by atoms with Gasteiger partial charge in [-0.15, -0.1) is 11.3 Å². The molecule has 0 spiro atoms. The van der Waals surface area contributed by atoms with Crippen LogP contribution in [-0.4, -0.2) is 37.0 Å². The van der Waals surface area contributed by atoms with Crippen LogP contribution in [-0.2, 0) is 30.3 Å². The molecule has 9 heteroatoms. The summed E-state index contributed by atoms with van der Waals surface area (Å²) in [4.78, 5) is 48.8. The molecular formula is C24H28N2O6S. The first-order chi connectivity index (χ1) is 15.7. The largest absolute Gasteiger partial charge is 0.462 e. The van der Waals surface area contributed by atoms with Crippen LogP contribution >= 0.6 is 11.3 Å². The van der Waals surface area contributed by atoms with E-state index < -0.39 is 30.4 Å². The number of thiophene rings is 1. The quantitative estimate of drug-likeness (QED) is 0.402. The minimum absolute atomic E-state index is 0.0935. The van der Waals surface area contributed by atoms with E-state index in [9.17, 15) is 19.2 Å². The average Bonchev–Trinajstić information content (AvgIpc) is 3.13. The summed E-state index contributed by atoms with van der Waals surface area (Å²) in [5.74, 6) is -2.13. The predicted molar refractivity (Wildman–Crippen MR) is 127 cm³/mol. The maximum Gasteiger partial charge on any atom is 0.355 e. The summed E-state index contributed by atoms with van der Waals surface area (Å²) in [6.07, 6.45) is 2.11. The van der Waals surface area contributed by atoms with Crippen molar-refractivity contribution < 1.29 is 28.7 Å². The fourth-order valence-electron chi connectivity index (χ4n) is 2.93. The Kier molecular flexibility index (Phi) is 9.81. The van der Waals surface area contributed by atoms with E-state index in [2.05, 4.69) is 10.6 Å². The van der Waals surface area contributed by atoms with Gasteiger partial charge in [0.1, 0.15) is 10.7 Å². The van der Waals surface area contributed by atoms with E-state index in [-0.39, 0.29) is 12.3 Å². The maximum atomic E-state index is 12.5. The Hall–Kier alpha value is -3.46. The molecule has 0 unspecified atom stereocenters. The molecule has 0 fully saturated rings. The Morgan fingerprint density at radius 2 is 1.79 bits per heavy atom. The first kappa shape index (κ1) is 25.8. The van der Waals surface area contributed by atoms with Gasteiger partial charge < -0.3 is 20.1 Å². The van der Waals surface area contributed by atoms with Crippen molar-refractivity contribution in [3.8, 4) is 0 Å². The number of esters is 2. The Balaban J connectivity index is 2.10. The minimum Gasteiger partial charge on any atom is -0.462 e. The van der Waals surface area contributed by atoms with Gasteiger partial charge in [0.2, 0.25) is 5.91 Å². The third kappa shape index (κ3) is 8.19. The van der Waals surface area contributed by atoms with Crippen molar-refractivity contribution in [3.63, 3.8) is 0 Å². The van der Waals surface area contributed by atoms with E-state index in [4.69, 9.17) is 9.47 Å². The molecule has 0 aliphatic heterocycles. The number of carbonyl (C=O) groups excluding carboxylic acids is 4. The second kappa shape index (κ2) is 12.5. The molecule has 0 aliphatic carbocycles. The van der Waals surface area contributed by atoms with E-state index in [1.54, 1.807) is 31.2 Å². The smallest absolute Gasteiger partial charge is 0.355 e. The van der Waals surface area contributed by atoms with Crippen molar-refractivity contribution in [1.82, 2.24) is 5.32 Å². The van der Waals surface area contributed by atoms with Gasteiger partial charge in [-0.2, -0.15) is 0 Å². The van der Waals surface area contributed by atoms with Gasteiger partial charge in [0.25, 0.3) is 5.91 Å². The first-order valence-electron chi connectivity index (χ1n) is 10.5. The van der Waals surface area contributed by atoms with Gasteiger partial charge in [-0.1, -0.05) is 44.2 Å². The van der Waals surface area contributed by atoms with Gasteiger partial charge in [0, 0.05) is 6.92 Å². The Bertz CT molecular complexity index is 1030. The second-order valence-electron chi connectivity index (χ2n) is 7.56. The molecule has 0 bridgehead atoms.